The lowest BCUT2D eigenvalue weighted by molar-refractivity contribution is -0.686. The number of hydrogen-bond donors (Lipinski definition) is 1. The average molecular weight is 309 g/mol. The van der Waals surface area contributed by atoms with Crippen molar-refractivity contribution in [2.24, 2.45) is 0 Å². The van der Waals surface area contributed by atoms with Gasteiger partial charge < -0.3 is 9.87 Å². The van der Waals surface area contributed by atoms with E-state index in [0.717, 1.165) is 20.2 Å². The molecule has 114 valence electrons. The van der Waals surface area contributed by atoms with Gasteiger partial charge in [-0.1, -0.05) is 60.7 Å². The van der Waals surface area contributed by atoms with Crippen molar-refractivity contribution in [3.8, 4) is 0 Å². The molecule has 0 saturated heterocycles. The fraction of sp³-hybridized carbons (Fsp3) is 0.200. The molecule has 0 aromatic heterocycles. The van der Waals surface area contributed by atoms with E-state index in [4.69, 9.17) is 0 Å². The average Bonchev–Trinajstić information content (AvgIpc) is 2.49. The second kappa shape index (κ2) is 9.25. The normalized spacial score (nSPS) is 10.6. The van der Waals surface area contributed by atoms with Crippen LogP contribution >= 0.6 is 0 Å². The molecule has 2 aromatic carbocycles. The van der Waals surface area contributed by atoms with Gasteiger partial charge >= 0.3 is 0 Å². The minimum absolute atomic E-state index is 0.808. The Morgan fingerprint density at radius 1 is 0.905 bits per heavy atom. The molecule has 0 unspecified atom stereocenters. The highest BCUT2D eigenvalue weighted by Crippen LogP contribution is 1.96. The highest BCUT2D eigenvalue weighted by molar-refractivity contribution is 7.80. The molecule has 0 aliphatic rings. The molecular weight excluding hydrogens is 290 g/mol. The first-order valence-electron chi connectivity index (χ1n) is 6.42. The summed E-state index contributed by atoms with van der Waals surface area (Å²) in [5.74, 6) is 0. The molecule has 5 nitrogen and oxygen atoms in total. The monoisotopic (exact) mass is 309 g/mol. The molecule has 21 heavy (non-hydrogen) atoms. The third-order valence-electron chi connectivity index (χ3n) is 2.65. The Hall–Kier alpha value is -1.73. The van der Waals surface area contributed by atoms with Crippen molar-refractivity contribution < 1.29 is 22.5 Å². The summed E-state index contributed by atoms with van der Waals surface area (Å²) in [5, 5.41) is 2.32. The smallest absolute Gasteiger partial charge is 0.217 e. The maximum absolute atomic E-state index is 9.22. The van der Waals surface area contributed by atoms with Gasteiger partial charge in [0.15, 0.2) is 0 Å². The van der Waals surface area contributed by atoms with Gasteiger partial charge in [-0.25, -0.2) is 8.42 Å². The molecule has 2 rings (SSSR count). The Morgan fingerprint density at radius 2 is 1.24 bits per heavy atom. The van der Waals surface area contributed by atoms with Gasteiger partial charge in [0.2, 0.25) is 10.4 Å². The summed E-state index contributed by atoms with van der Waals surface area (Å²) in [7, 11) is -3.60. The molecular formula is C15H19NO4S. The molecule has 2 N–H and O–H groups in total. The van der Waals surface area contributed by atoms with Crippen LogP contribution in [0.1, 0.15) is 11.1 Å². The van der Waals surface area contributed by atoms with E-state index in [0.29, 0.717) is 0 Å². The summed E-state index contributed by atoms with van der Waals surface area (Å²) < 4.78 is 31.0. The first kappa shape index (κ1) is 17.3. The lowest BCUT2D eigenvalue weighted by Crippen LogP contribution is -2.80. The summed E-state index contributed by atoms with van der Waals surface area (Å²) in [6.45, 7) is 2.10. The molecule has 2 aromatic rings. The summed E-state index contributed by atoms with van der Waals surface area (Å²) in [6.07, 6.45) is 0. The van der Waals surface area contributed by atoms with Crippen LogP contribution in [0.15, 0.2) is 60.7 Å². The van der Waals surface area contributed by atoms with E-state index < -0.39 is 10.4 Å². The maximum atomic E-state index is 9.22. The molecule has 0 amide bonds. The van der Waals surface area contributed by atoms with Gasteiger partial charge in [0.25, 0.3) is 0 Å². The lowest BCUT2D eigenvalue weighted by Gasteiger charge is -2.01. The van der Waals surface area contributed by atoms with Crippen molar-refractivity contribution in [2.75, 3.05) is 7.11 Å². The Balaban J connectivity index is 0.000000315. The zero-order valence-corrected chi connectivity index (χ0v) is 12.6. The van der Waals surface area contributed by atoms with Crippen LogP contribution in [0, 0.1) is 0 Å². The molecule has 0 atom stereocenters. The van der Waals surface area contributed by atoms with E-state index in [1.165, 1.54) is 11.1 Å². The Morgan fingerprint density at radius 3 is 1.52 bits per heavy atom. The highest BCUT2D eigenvalue weighted by Gasteiger charge is 1.95. The Kier molecular flexibility index (Phi) is 7.63. The van der Waals surface area contributed by atoms with Gasteiger partial charge in [0, 0.05) is 11.1 Å². The molecule has 0 heterocycles. The quantitative estimate of drug-likeness (QED) is 0.661. The molecule has 0 spiro atoms. The highest BCUT2D eigenvalue weighted by atomic mass is 32.3. The van der Waals surface area contributed by atoms with Crippen LogP contribution in [-0.2, 0) is 27.7 Å². The Bertz CT molecular complexity index is 561. The van der Waals surface area contributed by atoms with Crippen LogP contribution in [0.25, 0.3) is 0 Å². The van der Waals surface area contributed by atoms with Crippen LogP contribution in [0.2, 0.25) is 0 Å². The standard InChI is InChI=1S/C14H15N.CH4O4S/c1-3-7-13(8-4-1)11-15-12-14-9-5-2-6-10-14;1-5-6(2,3)4/h1-10,15H,11-12H2;1H3,(H,2,3,4). The van der Waals surface area contributed by atoms with E-state index in [9.17, 15) is 13.0 Å². The van der Waals surface area contributed by atoms with Crippen molar-refractivity contribution in [1.29, 1.82) is 0 Å². The van der Waals surface area contributed by atoms with E-state index in [2.05, 4.69) is 70.2 Å². The largest absolute Gasteiger partial charge is 0.726 e. The lowest BCUT2D eigenvalue weighted by atomic mass is 10.2. The van der Waals surface area contributed by atoms with Gasteiger partial charge in [-0.15, -0.1) is 0 Å². The van der Waals surface area contributed by atoms with Crippen LogP contribution in [0.4, 0.5) is 0 Å². The molecule has 0 fully saturated rings. The van der Waals surface area contributed by atoms with E-state index in [-0.39, 0.29) is 0 Å². The fourth-order valence-corrected chi connectivity index (χ4v) is 1.63. The summed E-state index contributed by atoms with van der Waals surface area (Å²) in [5.41, 5.74) is 2.77. The first-order chi connectivity index (χ1) is 10.0. The van der Waals surface area contributed by atoms with Crippen LogP contribution in [0.5, 0.6) is 0 Å². The summed E-state index contributed by atoms with van der Waals surface area (Å²) in [6, 6.07) is 21.1. The number of benzene rings is 2. The van der Waals surface area contributed by atoms with Gasteiger partial charge in [0.05, 0.1) is 7.11 Å². The third kappa shape index (κ3) is 8.93. The van der Waals surface area contributed by atoms with E-state index in [1.54, 1.807) is 0 Å². The number of rotatable bonds is 5. The predicted molar refractivity (Wildman–Crippen MR) is 78.9 cm³/mol. The summed E-state index contributed by atoms with van der Waals surface area (Å²) in [4.78, 5) is 0. The zero-order chi connectivity index (χ0) is 15.6. The minimum atomic E-state index is -4.41. The van der Waals surface area contributed by atoms with Gasteiger partial charge in [-0.2, -0.15) is 0 Å². The van der Waals surface area contributed by atoms with Crippen LogP contribution < -0.4 is 5.32 Å². The van der Waals surface area contributed by atoms with Crippen LogP contribution in [-0.4, -0.2) is 20.1 Å². The molecule has 0 bridgehead atoms. The Labute approximate surface area is 125 Å². The predicted octanol–water partition coefficient (Wildman–Crippen LogP) is 1.04. The van der Waals surface area contributed by atoms with Crippen molar-refractivity contribution in [3.63, 3.8) is 0 Å². The molecule has 0 saturated carbocycles. The number of nitrogens with two attached hydrogens (primary N) is 1. The van der Waals surface area contributed by atoms with E-state index in [1.807, 2.05) is 0 Å². The van der Waals surface area contributed by atoms with Gasteiger partial charge in [0.1, 0.15) is 13.1 Å². The third-order valence-corrected chi connectivity index (χ3v) is 3.06. The van der Waals surface area contributed by atoms with E-state index >= 15 is 0 Å². The van der Waals surface area contributed by atoms with Crippen molar-refractivity contribution in [2.45, 2.75) is 13.1 Å². The SMILES string of the molecule is COS(=O)(=O)[O-].c1ccc(C[NH2+]Cc2ccccc2)cc1. The second-order valence-electron chi connectivity index (χ2n) is 4.24. The number of hydrogen-bond acceptors (Lipinski definition) is 4. The second-order valence-corrected chi connectivity index (χ2v) is 5.39. The van der Waals surface area contributed by atoms with Crippen molar-refractivity contribution >= 4 is 10.4 Å². The van der Waals surface area contributed by atoms with Gasteiger partial charge in [-0.05, 0) is 0 Å². The van der Waals surface area contributed by atoms with Crippen LogP contribution in [0.3, 0.4) is 0 Å². The minimum Gasteiger partial charge on any atom is -0.726 e. The zero-order valence-electron chi connectivity index (χ0n) is 11.8. The molecule has 0 aliphatic heterocycles. The topological polar surface area (TPSA) is 83.0 Å². The number of quaternary nitrogens is 1. The van der Waals surface area contributed by atoms with Crippen molar-refractivity contribution in [1.82, 2.24) is 0 Å². The van der Waals surface area contributed by atoms with Gasteiger partial charge in [-0.3, -0.25) is 4.18 Å². The maximum Gasteiger partial charge on any atom is 0.217 e. The summed E-state index contributed by atoms with van der Waals surface area (Å²) >= 11 is 0. The first-order valence-corrected chi connectivity index (χ1v) is 7.75. The molecule has 6 heteroatoms. The van der Waals surface area contributed by atoms with Crippen molar-refractivity contribution in [3.05, 3.63) is 71.8 Å². The fourth-order valence-electron chi connectivity index (χ4n) is 1.63. The molecule has 0 radical (unpaired) electrons. The molecule has 0 aliphatic carbocycles.